The number of hydrogen-bond donors (Lipinski definition) is 0. The van der Waals surface area contributed by atoms with Crippen molar-refractivity contribution in [1.29, 1.82) is 0 Å². The van der Waals surface area contributed by atoms with Gasteiger partial charge in [0.05, 0.1) is 6.10 Å². The van der Waals surface area contributed by atoms with Crippen molar-refractivity contribution in [3.8, 4) is 0 Å². The third-order valence-electron chi connectivity index (χ3n) is 4.27. The molecule has 0 saturated heterocycles. The highest BCUT2D eigenvalue weighted by molar-refractivity contribution is 5.80. The molecule has 1 atom stereocenters. The van der Waals surface area contributed by atoms with E-state index in [1.165, 1.54) is 32.1 Å². The van der Waals surface area contributed by atoms with Gasteiger partial charge in [-0.3, -0.25) is 9.59 Å². The number of esters is 1. The SMILES string of the molecule is C/C=C\CCCC(=O)OC(C)C.CCCCCC/C=C/[C@H]1CCC(=O)C1.O. The van der Waals surface area contributed by atoms with Crippen LogP contribution in [0.2, 0.25) is 0 Å². The molecule has 0 spiro atoms. The Morgan fingerprint density at radius 3 is 2.41 bits per heavy atom. The van der Waals surface area contributed by atoms with Crippen molar-refractivity contribution in [3.05, 3.63) is 24.3 Å². The molecule has 4 nitrogen and oxygen atoms in total. The van der Waals surface area contributed by atoms with Gasteiger partial charge in [-0.05, 0) is 58.8 Å². The molecule has 4 heteroatoms. The van der Waals surface area contributed by atoms with Crippen LogP contribution in [0.25, 0.3) is 0 Å². The molecule has 158 valence electrons. The molecular weight excluding hydrogens is 340 g/mol. The summed E-state index contributed by atoms with van der Waals surface area (Å²) in [5.74, 6) is 0.925. The Morgan fingerprint density at radius 1 is 1.15 bits per heavy atom. The minimum Gasteiger partial charge on any atom is -0.463 e. The summed E-state index contributed by atoms with van der Waals surface area (Å²) in [6, 6.07) is 0. The molecule has 0 aromatic heterocycles. The molecule has 1 rings (SSSR count). The number of ether oxygens (including phenoxy) is 1. The van der Waals surface area contributed by atoms with Gasteiger partial charge in [0.2, 0.25) is 0 Å². The van der Waals surface area contributed by atoms with Crippen molar-refractivity contribution in [1.82, 2.24) is 0 Å². The van der Waals surface area contributed by atoms with Crippen LogP contribution in [0, 0.1) is 5.92 Å². The van der Waals surface area contributed by atoms with E-state index in [1.54, 1.807) is 0 Å². The average Bonchev–Trinajstić information content (AvgIpc) is 3.00. The van der Waals surface area contributed by atoms with E-state index in [1.807, 2.05) is 26.8 Å². The Balaban J connectivity index is 0. The summed E-state index contributed by atoms with van der Waals surface area (Å²) in [5.41, 5.74) is 0. The fourth-order valence-corrected chi connectivity index (χ4v) is 2.84. The first-order valence-corrected chi connectivity index (χ1v) is 10.5. The molecule has 0 heterocycles. The summed E-state index contributed by atoms with van der Waals surface area (Å²) in [5, 5.41) is 0. The van der Waals surface area contributed by atoms with Gasteiger partial charge in [-0.15, -0.1) is 0 Å². The number of carbonyl (C=O) groups excluding carboxylic acids is 2. The third-order valence-corrected chi connectivity index (χ3v) is 4.27. The van der Waals surface area contributed by atoms with Gasteiger partial charge in [0, 0.05) is 19.3 Å². The van der Waals surface area contributed by atoms with Crippen LogP contribution in [0.1, 0.15) is 98.3 Å². The van der Waals surface area contributed by atoms with Crippen LogP contribution in [-0.2, 0) is 14.3 Å². The van der Waals surface area contributed by atoms with Crippen molar-refractivity contribution in [2.24, 2.45) is 5.92 Å². The molecule has 1 saturated carbocycles. The smallest absolute Gasteiger partial charge is 0.306 e. The molecule has 0 aromatic rings. The Morgan fingerprint density at radius 2 is 1.85 bits per heavy atom. The molecule has 1 aliphatic rings. The van der Waals surface area contributed by atoms with Crippen molar-refractivity contribution < 1.29 is 19.8 Å². The first-order valence-electron chi connectivity index (χ1n) is 10.5. The molecule has 0 bridgehead atoms. The molecule has 1 aliphatic carbocycles. The average molecular weight is 383 g/mol. The lowest BCUT2D eigenvalue weighted by Crippen LogP contribution is -2.10. The zero-order valence-corrected chi connectivity index (χ0v) is 18.0. The first kappa shape index (κ1) is 27.8. The lowest BCUT2D eigenvalue weighted by molar-refractivity contribution is -0.147. The van der Waals surface area contributed by atoms with E-state index in [-0.39, 0.29) is 17.5 Å². The lowest BCUT2D eigenvalue weighted by Gasteiger charge is -2.06. The van der Waals surface area contributed by atoms with Crippen LogP contribution < -0.4 is 0 Å². The van der Waals surface area contributed by atoms with E-state index in [2.05, 4.69) is 25.2 Å². The highest BCUT2D eigenvalue weighted by atomic mass is 16.5. The summed E-state index contributed by atoms with van der Waals surface area (Å²) in [6.07, 6.45) is 20.2. The van der Waals surface area contributed by atoms with E-state index in [0.717, 1.165) is 32.1 Å². The Hall–Kier alpha value is -1.42. The first-order chi connectivity index (χ1) is 12.5. The van der Waals surface area contributed by atoms with Crippen molar-refractivity contribution >= 4 is 11.8 Å². The fraction of sp³-hybridized carbons (Fsp3) is 0.739. The van der Waals surface area contributed by atoms with Crippen LogP contribution in [-0.4, -0.2) is 23.3 Å². The molecular formula is C23H42O4. The predicted octanol–water partition coefficient (Wildman–Crippen LogP) is 5.74. The van der Waals surface area contributed by atoms with E-state index < -0.39 is 0 Å². The Labute approximate surface area is 166 Å². The zero-order chi connectivity index (χ0) is 19.6. The monoisotopic (exact) mass is 382 g/mol. The summed E-state index contributed by atoms with van der Waals surface area (Å²) in [7, 11) is 0. The van der Waals surface area contributed by atoms with Crippen molar-refractivity contribution in [2.45, 2.75) is 104 Å². The van der Waals surface area contributed by atoms with E-state index in [9.17, 15) is 9.59 Å². The number of allylic oxidation sites excluding steroid dienone is 4. The molecule has 0 aliphatic heterocycles. The highest BCUT2D eigenvalue weighted by Gasteiger charge is 2.18. The minimum atomic E-state index is -0.0884. The quantitative estimate of drug-likeness (QED) is 0.260. The van der Waals surface area contributed by atoms with Crippen molar-refractivity contribution in [3.63, 3.8) is 0 Å². The lowest BCUT2D eigenvalue weighted by atomic mass is 10.1. The number of ketones is 1. The molecule has 0 amide bonds. The van der Waals surface area contributed by atoms with Gasteiger partial charge in [-0.25, -0.2) is 0 Å². The maximum absolute atomic E-state index is 11.0. The van der Waals surface area contributed by atoms with E-state index >= 15 is 0 Å². The third kappa shape index (κ3) is 19.2. The number of carbonyl (C=O) groups is 2. The minimum absolute atomic E-state index is 0. The van der Waals surface area contributed by atoms with Crippen LogP contribution in [0.4, 0.5) is 0 Å². The normalized spacial score (nSPS) is 16.5. The molecule has 0 unspecified atom stereocenters. The topological polar surface area (TPSA) is 74.9 Å². The van der Waals surface area contributed by atoms with E-state index in [4.69, 9.17) is 4.74 Å². The predicted molar refractivity (Wildman–Crippen MR) is 114 cm³/mol. The molecule has 2 N–H and O–H groups in total. The fourth-order valence-electron chi connectivity index (χ4n) is 2.84. The molecule has 1 fully saturated rings. The molecule has 0 radical (unpaired) electrons. The van der Waals surface area contributed by atoms with Gasteiger partial charge < -0.3 is 10.2 Å². The van der Waals surface area contributed by atoms with Gasteiger partial charge >= 0.3 is 5.97 Å². The summed E-state index contributed by atoms with van der Waals surface area (Å²) in [6.45, 7) is 7.94. The van der Waals surface area contributed by atoms with Gasteiger partial charge in [0.15, 0.2) is 0 Å². The number of rotatable bonds is 11. The number of Topliss-reactive ketones (excluding diaryl/α,β-unsaturated/α-hetero) is 1. The van der Waals surface area contributed by atoms with Crippen LogP contribution >= 0.6 is 0 Å². The number of hydrogen-bond acceptors (Lipinski definition) is 3. The number of unbranched alkanes of at least 4 members (excludes halogenated alkanes) is 5. The van der Waals surface area contributed by atoms with Gasteiger partial charge in [0.25, 0.3) is 0 Å². The summed E-state index contributed by atoms with van der Waals surface area (Å²) >= 11 is 0. The van der Waals surface area contributed by atoms with E-state index in [0.29, 0.717) is 18.1 Å². The second-order valence-corrected chi connectivity index (χ2v) is 7.32. The van der Waals surface area contributed by atoms with Gasteiger partial charge in [0.1, 0.15) is 5.78 Å². The summed E-state index contributed by atoms with van der Waals surface area (Å²) < 4.78 is 4.97. The Kier molecular flexibility index (Phi) is 19.9. The van der Waals surface area contributed by atoms with Crippen LogP contribution in [0.5, 0.6) is 0 Å². The molecule has 27 heavy (non-hydrogen) atoms. The second kappa shape index (κ2) is 19.3. The Bertz CT molecular complexity index is 424. The van der Waals surface area contributed by atoms with Crippen LogP contribution in [0.15, 0.2) is 24.3 Å². The zero-order valence-electron chi connectivity index (χ0n) is 18.0. The molecule has 0 aromatic carbocycles. The van der Waals surface area contributed by atoms with Gasteiger partial charge in [-0.1, -0.05) is 50.5 Å². The standard InChI is InChI=1S/C13H22O.C10H18O2.H2O/c1-2-3-4-5-6-7-8-12-9-10-13(14)11-12;1-4-5-6-7-8-10(11)12-9(2)3;/h7-8,12H,2-6,9-11H2,1H3;4-5,9H,6-8H2,1-3H3;1H2/b8-7+;5-4-;/t12-;;/m0../s1. The summed E-state index contributed by atoms with van der Waals surface area (Å²) in [4.78, 5) is 22.0. The second-order valence-electron chi connectivity index (χ2n) is 7.32. The van der Waals surface area contributed by atoms with Crippen LogP contribution in [0.3, 0.4) is 0 Å². The van der Waals surface area contributed by atoms with Crippen molar-refractivity contribution in [2.75, 3.05) is 0 Å². The van der Waals surface area contributed by atoms with Gasteiger partial charge in [-0.2, -0.15) is 0 Å². The maximum atomic E-state index is 11.0. The largest absolute Gasteiger partial charge is 0.463 e. The maximum Gasteiger partial charge on any atom is 0.306 e. The highest BCUT2D eigenvalue weighted by Crippen LogP contribution is 2.23.